The number of fused-ring (bicyclic) bond motifs is 1. The van der Waals surface area contributed by atoms with Crippen LogP contribution in [0.2, 0.25) is 10.0 Å². The van der Waals surface area contributed by atoms with Crippen molar-refractivity contribution >= 4 is 45.0 Å². The highest BCUT2D eigenvalue weighted by atomic mass is 79.9. The Kier molecular flexibility index (Phi) is 5.34. The first-order valence-corrected chi connectivity index (χ1v) is 11.2. The molecule has 4 nitrogen and oxygen atoms in total. The molecule has 0 saturated carbocycles. The van der Waals surface area contributed by atoms with Crippen LogP contribution in [0.15, 0.2) is 77.3 Å². The third-order valence-electron chi connectivity index (χ3n) is 5.47. The molecule has 3 aromatic carbocycles. The van der Waals surface area contributed by atoms with Crippen LogP contribution in [0, 0.1) is 0 Å². The van der Waals surface area contributed by atoms with Gasteiger partial charge in [0.25, 0.3) is 5.91 Å². The number of carbonyl (C=O) groups is 1. The van der Waals surface area contributed by atoms with Gasteiger partial charge in [0.05, 0.1) is 11.7 Å². The van der Waals surface area contributed by atoms with E-state index in [1.165, 1.54) is 0 Å². The lowest BCUT2D eigenvalue weighted by molar-refractivity contribution is 0.0730. The van der Waals surface area contributed by atoms with Crippen LogP contribution >= 0.6 is 39.1 Å². The molecule has 1 aromatic heterocycles. The average molecular weight is 513 g/mol. The summed E-state index contributed by atoms with van der Waals surface area (Å²) in [7, 11) is 0. The summed E-state index contributed by atoms with van der Waals surface area (Å²) in [6.07, 6.45) is 0. The van der Waals surface area contributed by atoms with Crippen LogP contribution < -0.4 is 0 Å². The van der Waals surface area contributed by atoms with E-state index in [0.29, 0.717) is 22.3 Å². The number of nitrogens with zero attached hydrogens (tertiary/aromatic N) is 2. The molecule has 1 N–H and O–H groups in total. The summed E-state index contributed by atoms with van der Waals surface area (Å²) in [4.78, 5) is 15.3. The number of rotatable bonds is 4. The lowest BCUT2D eigenvalue weighted by Crippen LogP contribution is -2.29. The zero-order chi connectivity index (χ0) is 21.5. The van der Waals surface area contributed by atoms with Crippen LogP contribution in [0.25, 0.3) is 11.3 Å². The summed E-state index contributed by atoms with van der Waals surface area (Å²) in [6.45, 7) is 0.391. The molecule has 0 aliphatic carbocycles. The molecule has 5 rings (SSSR count). The smallest absolute Gasteiger partial charge is 0.273 e. The summed E-state index contributed by atoms with van der Waals surface area (Å²) in [5.74, 6) is -0.101. The first-order chi connectivity index (χ1) is 15.0. The Balaban J connectivity index is 1.65. The topological polar surface area (TPSA) is 49.0 Å². The van der Waals surface area contributed by atoms with Gasteiger partial charge >= 0.3 is 0 Å². The summed E-state index contributed by atoms with van der Waals surface area (Å²) >= 11 is 16.0. The molecule has 4 aromatic rings. The monoisotopic (exact) mass is 511 g/mol. The number of aromatic amines is 1. The van der Waals surface area contributed by atoms with Gasteiger partial charge < -0.3 is 4.90 Å². The first-order valence-electron chi connectivity index (χ1n) is 9.67. The third kappa shape index (κ3) is 3.67. The van der Waals surface area contributed by atoms with Crippen LogP contribution in [0.1, 0.15) is 33.2 Å². The number of halogens is 3. The lowest BCUT2D eigenvalue weighted by atomic mass is 9.96. The minimum atomic E-state index is -0.295. The zero-order valence-corrected chi connectivity index (χ0v) is 19.2. The van der Waals surface area contributed by atoms with Gasteiger partial charge in [-0.15, -0.1) is 0 Å². The molecule has 7 heteroatoms. The van der Waals surface area contributed by atoms with E-state index in [2.05, 4.69) is 26.1 Å². The number of aromatic nitrogens is 2. The van der Waals surface area contributed by atoms with Crippen molar-refractivity contribution in [1.29, 1.82) is 0 Å². The standard InChI is InChI=1S/C24H16BrCl2N3O/c25-17-9-5-15(6-10-17)23-20-21(14-7-11-18(26)12-8-14)28-29-22(20)24(31)30(23)13-16-3-1-2-4-19(16)27/h1-12,23H,13H2,(H,28,29). The van der Waals surface area contributed by atoms with E-state index in [-0.39, 0.29) is 11.9 Å². The molecule has 2 heterocycles. The Hall–Kier alpha value is -2.60. The van der Waals surface area contributed by atoms with Crippen LogP contribution in [-0.4, -0.2) is 21.0 Å². The van der Waals surface area contributed by atoms with E-state index in [1.807, 2.05) is 77.7 Å². The molecule has 0 radical (unpaired) electrons. The SMILES string of the molecule is O=C1c2[nH]nc(-c3ccc(Cl)cc3)c2C(c2ccc(Br)cc2)N1Cc1ccccc1Cl. The van der Waals surface area contributed by atoms with Gasteiger partial charge in [-0.25, -0.2) is 0 Å². The van der Waals surface area contributed by atoms with Crippen molar-refractivity contribution in [2.75, 3.05) is 0 Å². The molecule has 1 amide bonds. The number of nitrogens with one attached hydrogen (secondary N) is 1. The summed E-state index contributed by atoms with van der Waals surface area (Å²) in [5.41, 5.74) is 4.90. The Labute approximate surface area is 197 Å². The second-order valence-electron chi connectivity index (χ2n) is 7.35. The molecular weight excluding hydrogens is 497 g/mol. The van der Waals surface area contributed by atoms with Crippen molar-refractivity contribution in [1.82, 2.24) is 15.1 Å². The van der Waals surface area contributed by atoms with E-state index in [4.69, 9.17) is 23.2 Å². The van der Waals surface area contributed by atoms with Crippen molar-refractivity contribution in [3.63, 3.8) is 0 Å². The normalized spacial score (nSPS) is 15.4. The summed E-state index contributed by atoms with van der Waals surface area (Å²) in [5, 5.41) is 8.75. The molecule has 154 valence electrons. The van der Waals surface area contributed by atoms with E-state index >= 15 is 0 Å². The fourth-order valence-corrected chi connectivity index (χ4v) is 4.58. The van der Waals surface area contributed by atoms with Crippen molar-refractivity contribution in [2.45, 2.75) is 12.6 Å². The largest absolute Gasteiger partial charge is 0.322 e. The fourth-order valence-electron chi connectivity index (χ4n) is 3.99. The number of H-pyrrole nitrogens is 1. The van der Waals surface area contributed by atoms with Crippen LogP contribution in [-0.2, 0) is 6.54 Å². The molecule has 0 spiro atoms. The highest BCUT2D eigenvalue weighted by molar-refractivity contribution is 9.10. The van der Waals surface area contributed by atoms with E-state index in [9.17, 15) is 4.79 Å². The molecule has 1 aliphatic heterocycles. The highest BCUT2D eigenvalue weighted by Crippen LogP contribution is 2.44. The van der Waals surface area contributed by atoms with Gasteiger partial charge in [0.1, 0.15) is 5.69 Å². The molecular formula is C24H16BrCl2N3O. The van der Waals surface area contributed by atoms with Crippen LogP contribution in [0.4, 0.5) is 0 Å². The van der Waals surface area contributed by atoms with Gasteiger partial charge in [0.2, 0.25) is 0 Å². The molecule has 0 bridgehead atoms. The number of amides is 1. The molecule has 1 aliphatic rings. The minimum absolute atomic E-state index is 0.101. The second kappa shape index (κ2) is 8.15. The maximum atomic E-state index is 13.4. The van der Waals surface area contributed by atoms with E-state index in [0.717, 1.165) is 32.4 Å². The Morgan fingerprint density at radius 2 is 1.68 bits per heavy atom. The lowest BCUT2D eigenvalue weighted by Gasteiger charge is -2.27. The number of hydrogen-bond acceptors (Lipinski definition) is 2. The molecule has 1 atom stereocenters. The van der Waals surface area contributed by atoms with Crippen LogP contribution in [0.5, 0.6) is 0 Å². The van der Waals surface area contributed by atoms with Gasteiger partial charge in [-0.2, -0.15) is 5.10 Å². The summed E-state index contributed by atoms with van der Waals surface area (Å²) in [6, 6.07) is 22.8. The summed E-state index contributed by atoms with van der Waals surface area (Å²) < 4.78 is 0.976. The third-order valence-corrected chi connectivity index (χ3v) is 6.62. The number of benzene rings is 3. The zero-order valence-electron chi connectivity index (χ0n) is 16.1. The predicted octanol–water partition coefficient (Wildman–Crippen LogP) is 6.89. The predicted molar refractivity (Wildman–Crippen MR) is 126 cm³/mol. The van der Waals surface area contributed by atoms with Gasteiger partial charge in [-0.05, 0) is 41.5 Å². The molecule has 31 heavy (non-hydrogen) atoms. The Morgan fingerprint density at radius 3 is 2.39 bits per heavy atom. The fraction of sp³-hybridized carbons (Fsp3) is 0.0833. The Bertz CT molecular complexity index is 1270. The Morgan fingerprint density at radius 1 is 0.968 bits per heavy atom. The first kappa shape index (κ1) is 20.3. The number of hydrogen-bond donors (Lipinski definition) is 1. The maximum Gasteiger partial charge on any atom is 0.273 e. The molecule has 0 saturated heterocycles. The quantitative estimate of drug-likeness (QED) is 0.323. The van der Waals surface area contributed by atoms with Gasteiger partial charge in [0, 0.05) is 32.2 Å². The van der Waals surface area contributed by atoms with Crippen LogP contribution in [0.3, 0.4) is 0 Å². The average Bonchev–Trinajstić information content (AvgIpc) is 3.31. The number of carbonyl (C=O) groups excluding carboxylic acids is 1. The van der Waals surface area contributed by atoms with E-state index in [1.54, 1.807) is 0 Å². The highest BCUT2D eigenvalue weighted by Gasteiger charge is 2.42. The van der Waals surface area contributed by atoms with E-state index < -0.39 is 0 Å². The van der Waals surface area contributed by atoms with Gasteiger partial charge in [-0.3, -0.25) is 9.89 Å². The van der Waals surface area contributed by atoms with Crippen molar-refractivity contribution < 1.29 is 4.79 Å². The van der Waals surface area contributed by atoms with Crippen molar-refractivity contribution in [2.24, 2.45) is 0 Å². The van der Waals surface area contributed by atoms with Crippen molar-refractivity contribution in [3.05, 3.63) is 110 Å². The molecule has 1 unspecified atom stereocenters. The minimum Gasteiger partial charge on any atom is -0.322 e. The molecule has 0 fully saturated rings. The second-order valence-corrected chi connectivity index (χ2v) is 9.11. The van der Waals surface area contributed by atoms with Crippen molar-refractivity contribution in [3.8, 4) is 11.3 Å². The maximum absolute atomic E-state index is 13.4. The van der Waals surface area contributed by atoms with Gasteiger partial charge in [-0.1, -0.05) is 81.6 Å². The van der Waals surface area contributed by atoms with Gasteiger partial charge in [0.15, 0.2) is 0 Å².